The molecule has 28 heavy (non-hydrogen) atoms. The number of aryl methyl sites for hydroxylation is 2. The number of carbonyl (C=O) groups is 1. The molecule has 0 saturated heterocycles. The molecular weight excluding hydrogens is 390 g/mol. The number of nitrogens with one attached hydrogen (secondary N) is 1. The van der Waals surface area contributed by atoms with Crippen molar-refractivity contribution in [1.29, 1.82) is 0 Å². The minimum absolute atomic E-state index is 0.153. The van der Waals surface area contributed by atoms with E-state index in [4.69, 9.17) is 4.98 Å². The van der Waals surface area contributed by atoms with Crippen LogP contribution in [0, 0.1) is 13.8 Å². The highest BCUT2D eigenvalue weighted by Gasteiger charge is 2.28. The number of thiophene rings is 1. The number of anilines is 1. The molecule has 1 saturated carbocycles. The molecule has 1 aliphatic rings. The van der Waals surface area contributed by atoms with E-state index in [0.717, 1.165) is 51.4 Å². The Balaban J connectivity index is 1.44. The van der Waals surface area contributed by atoms with E-state index in [2.05, 4.69) is 20.3 Å². The van der Waals surface area contributed by atoms with Gasteiger partial charge in [-0.05, 0) is 44.4 Å². The number of nitrogens with zero attached hydrogens (tertiary/aromatic N) is 4. The molecule has 4 heterocycles. The summed E-state index contributed by atoms with van der Waals surface area (Å²) in [5, 5.41) is 6.41. The molecule has 140 valence electrons. The number of hydrogen-bond acceptors (Lipinski definition) is 7. The number of thiazole rings is 1. The molecule has 1 N–H and O–H groups in total. The van der Waals surface area contributed by atoms with Crippen LogP contribution in [0.5, 0.6) is 0 Å². The van der Waals surface area contributed by atoms with Gasteiger partial charge in [-0.3, -0.25) is 15.1 Å². The van der Waals surface area contributed by atoms with Crippen molar-refractivity contribution < 1.29 is 4.79 Å². The van der Waals surface area contributed by atoms with Crippen molar-refractivity contribution in [3.05, 3.63) is 51.9 Å². The highest BCUT2D eigenvalue weighted by Crippen LogP contribution is 2.40. The van der Waals surface area contributed by atoms with E-state index in [1.807, 2.05) is 31.4 Å². The lowest BCUT2D eigenvalue weighted by Crippen LogP contribution is -2.11. The van der Waals surface area contributed by atoms with Gasteiger partial charge in [0.05, 0.1) is 16.3 Å². The maximum Gasteiger partial charge on any atom is 0.267 e. The van der Waals surface area contributed by atoms with Crippen LogP contribution in [0.15, 0.2) is 29.9 Å². The van der Waals surface area contributed by atoms with Crippen molar-refractivity contribution in [3.63, 3.8) is 0 Å². The third kappa shape index (κ3) is 3.08. The predicted molar refractivity (Wildman–Crippen MR) is 112 cm³/mol. The lowest BCUT2D eigenvalue weighted by Gasteiger charge is -2.02. The van der Waals surface area contributed by atoms with Crippen LogP contribution in [0.25, 0.3) is 21.5 Å². The summed E-state index contributed by atoms with van der Waals surface area (Å²) in [4.78, 5) is 32.5. The van der Waals surface area contributed by atoms with E-state index in [0.29, 0.717) is 15.9 Å². The van der Waals surface area contributed by atoms with E-state index in [1.54, 1.807) is 12.4 Å². The minimum Gasteiger partial charge on any atom is -0.297 e. The highest BCUT2D eigenvalue weighted by molar-refractivity contribution is 7.21. The normalized spacial score (nSPS) is 13.8. The largest absolute Gasteiger partial charge is 0.297 e. The Kier molecular flexibility index (Phi) is 4.17. The van der Waals surface area contributed by atoms with E-state index in [9.17, 15) is 4.79 Å². The molecule has 0 aromatic carbocycles. The van der Waals surface area contributed by atoms with Gasteiger partial charge in [-0.15, -0.1) is 22.7 Å². The fraction of sp³-hybridized carbons (Fsp3) is 0.250. The lowest BCUT2D eigenvalue weighted by molar-refractivity contribution is 0.103. The fourth-order valence-electron chi connectivity index (χ4n) is 3.23. The summed E-state index contributed by atoms with van der Waals surface area (Å²) in [5.74, 6) is 1.25. The average molecular weight is 408 g/mol. The Morgan fingerprint density at radius 2 is 2.07 bits per heavy atom. The number of pyridine rings is 1. The van der Waals surface area contributed by atoms with Crippen LogP contribution in [-0.2, 0) is 0 Å². The molecule has 0 unspecified atom stereocenters. The first kappa shape index (κ1) is 17.4. The molecule has 4 aromatic heterocycles. The molecule has 6 nitrogen and oxygen atoms in total. The number of amides is 1. The molecular formula is C20H17N5OS2. The van der Waals surface area contributed by atoms with Gasteiger partial charge in [0.15, 0.2) is 5.13 Å². The molecule has 1 aliphatic carbocycles. The van der Waals surface area contributed by atoms with Gasteiger partial charge in [-0.1, -0.05) is 0 Å². The molecule has 8 heteroatoms. The minimum atomic E-state index is -0.153. The molecule has 1 fully saturated rings. The quantitative estimate of drug-likeness (QED) is 0.517. The summed E-state index contributed by atoms with van der Waals surface area (Å²) in [7, 11) is 0. The van der Waals surface area contributed by atoms with Crippen molar-refractivity contribution in [1.82, 2.24) is 19.9 Å². The maximum atomic E-state index is 12.9. The second-order valence-electron chi connectivity index (χ2n) is 6.91. The molecule has 5 rings (SSSR count). The van der Waals surface area contributed by atoms with Crippen LogP contribution in [0.1, 0.15) is 45.5 Å². The van der Waals surface area contributed by atoms with Crippen LogP contribution in [-0.4, -0.2) is 25.8 Å². The standard InChI is InChI=1S/C20H17N5OS2/c1-10-15-11(2)22-17(12-5-6-12)24-19(15)28-16(10)18(26)25-20-23-14(9-27-20)13-4-3-7-21-8-13/h3-4,7-9,12H,5-6H2,1-2H3,(H,23,25,26). The van der Waals surface area contributed by atoms with Crippen molar-refractivity contribution in [2.45, 2.75) is 32.6 Å². The smallest absolute Gasteiger partial charge is 0.267 e. The van der Waals surface area contributed by atoms with Crippen LogP contribution >= 0.6 is 22.7 Å². The lowest BCUT2D eigenvalue weighted by atomic mass is 10.1. The van der Waals surface area contributed by atoms with Gasteiger partial charge in [0.25, 0.3) is 5.91 Å². The first-order valence-corrected chi connectivity index (χ1v) is 10.7. The Bertz CT molecular complexity index is 1190. The topological polar surface area (TPSA) is 80.7 Å². The van der Waals surface area contributed by atoms with Gasteiger partial charge < -0.3 is 0 Å². The van der Waals surface area contributed by atoms with Crippen molar-refractivity contribution >= 4 is 43.9 Å². The van der Waals surface area contributed by atoms with Gasteiger partial charge >= 0.3 is 0 Å². The van der Waals surface area contributed by atoms with Crippen LogP contribution in [0.3, 0.4) is 0 Å². The third-order valence-electron chi connectivity index (χ3n) is 4.82. The number of carbonyl (C=O) groups excluding carboxylic acids is 1. The summed E-state index contributed by atoms with van der Waals surface area (Å²) in [6.07, 6.45) is 5.80. The third-order valence-corrected chi connectivity index (χ3v) is 6.76. The average Bonchev–Trinajstić information content (AvgIpc) is 3.35. The van der Waals surface area contributed by atoms with Crippen molar-refractivity contribution in [2.24, 2.45) is 0 Å². The zero-order valence-electron chi connectivity index (χ0n) is 15.4. The van der Waals surface area contributed by atoms with Crippen molar-refractivity contribution in [3.8, 4) is 11.3 Å². The van der Waals surface area contributed by atoms with Crippen LogP contribution < -0.4 is 5.32 Å². The Morgan fingerprint density at radius 1 is 1.21 bits per heavy atom. The second-order valence-corrected chi connectivity index (χ2v) is 8.77. The number of aromatic nitrogens is 4. The van der Waals surface area contributed by atoms with Crippen molar-refractivity contribution in [2.75, 3.05) is 5.32 Å². The SMILES string of the molecule is Cc1nc(C2CC2)nc2sc(C(=O)Nc3nc(-c4cccnc4)cs3)c(C)c12. The zero-order chi connectivity index (χ0) is 19.3. The van der Waals surface area contributed by atoms with E-state index >= 15 is 0 Å². The molecule has 0 bridgehead atoms. The summed E-state index contributed by atoms with van der Waals surface area (Å²) in [6, 6.07) is 3.81. The molecule has 0 atom stereocenters. The zero-order valence-corrected chi connectivity index (χ0v) is 17.0. The Labute approximate surface area is 169 Å². The Morgan fingerprint density at radius 3 is 2.82 bits per heavy atom. The molecule has 0 spiro atoms. The fourth-order valence-corrected chi connectivity index (χ4v) is 5.08. The van der Waals surface area contributed by atoms with Gasteiger partial charge in [0, 0.05) is 34.6 Å². The van der Waals surface area contributed by atoms with E-state index in [-0.39, 0.29) is 5.91 Å². The predicted octanol–water partition coefficient (Wildman–Crippen LogP) is 4.96. The van der Waals surface area contributed by atoms with Gasteiger partial charge in [-0.2, -0.15) is 0 Å². The summed E-state index contributed by atoms with van der Waals surface area (Å²) < 4.78 is 0. The summed E-state index contributed by atoms with van der Waals surface area (Å²) >= 11 is 2.84. The molecule has 1 amide bonds. The van der Waals surface area contributed by atoms with Gasteiger partial charge in [0.1, 0.15) is 10.7 Å². The summed E-state index contributed by atoms with van der Waals surface area (Å²) in [5.41, 5.74) is 3.61. The van der Waals surface area contributed by atoms with Crippen LogP contribution in [0.4, 0.5) is 5.13 Å². The van der Waals surface area contributed by atoms with E-state index in [1.165, 1.54) is 22.7 Å². The van der Waals surface area contributed by atoms with E-state index < -0.39 is 0 Å². The van der Waals surface area contributed by atoms with Gasteiger partial charge in [-0.25, -0.2) is 15.0 Å². The first-order valence-electron chi connectivity index (χ1n) is 9.05. The summed E-state index contributed by atoms with van der Waals surface area (Å²) in [6.45, 7) is 3.96. The number of fused-ring (bicyclic) bond motifs is 1. The highest BCUT2D eigenvalue weighted by atomic mass is 32.1. The Hall–Kier alpha value is -2.71. The van der Waals surface area contributed by atoms with Gasteiger partial charge in [0.2, 0.25) is 0 Å². The monoisotopic (exact) mass is 407 g/mol. The first-order chi connectivity index (χ1) is 13.6. The van der Waals surface area contributed by atoms with Crippen LogP contribution in [0.2, 0.25) is 0 Å². The second kappa shape index (κ2) is 6.72. The molecule has 0 radical (unpaired) electrons. The molecule has 0 aliphatic heterocycles. The molecule has 4 aromatic rings. The maximum absolute atomic E-state index is 12.9. The number of rotatable bonds is 4. The number of hydrogen-bond donors (Lipinski definition) is 1.